The molecule has 1 aromatic heterocycles. The average Bonchev–Trinajstić information content (AvgIpc) is 2.89. The lowest BCUT2D eigenvalue weighted by atomic mass is 10.4. The zero-order chi connectivity index (χ0) is 13.1. The van der Waals surface area contributed by atoms with Crippen molar-refractivity contribution >= 4 is 17.3 Å². The monoisotopic (exact) mass is 280 g/mol. The number of hydrogen-bond acceptors (Lipinski definition) is 5. The maximum absolute atomic E-state index is 6.11. The normalized spacial score (nSPS) is 20.3. The maximum Gasteiger partial charge on any atom is 0.152 e. The van der Waals surface area contributed by atoms with Crippen molar-refractivity contribution in [3.63, 3.8) is 0 Å². The molecular formula is C13H17ClN4O. The van der Waals surface area contributed by atoms with Gasteiger partial charge in [-0.2, -0.15) is 0 Å². The number of morpholine rings is 1. The molecule has 0 atom stereocenters. The lowest BCUT2D eigenvalue weighted by Gasteiger charge is -2.31. The van der Waals surface area contributed by atoms with Crippen LogP contribution in [-0.2, 0) is 4.74 Å². The molecule has 0 bridgehead atoms. The first-order valence-electron chi connectivity index (χ1n) is 6.42. The number of aromatic nitrogens is 1. The Morgan fingerprint density at radius 3 is 2.89 bits per heavy atom. The maximum atomic E-state index is 6.11. The van der Waals surface area contributed by atoms with Gasteiger partial charge in [0.15, 0.2) is 5.15 Å². The van der Waals surface area contributed by atoms with Gasteiger partial charge in [0.1, 0.15) is 0 Å². The summed E-state index contributed by atoms with van der Waals surface area (Å²) in [6, 6.07) is 3.89. The molecule has 2 aliphatic heterocycles. The standard InChI is InChI=1S/C13H17ClN4O/c14-13-12(2-1-3-15-13)18-5-4-17(11-18)10-16-6-8-19-9-7-16/h1-5H,6-11H2. The number of rotatable bonds is 3. The smallest absolute Gasteiger partial charge is 0.152 e. The van der Waals surface area contributed by atoms with Crippen LogP contribution < -0.4 is 4.90 Å². The lowest BCUT2D eigenvalue weighted by molar-refractivity contribution is 0.0196. The molecule has 6 heteroatoms. The summed E-state index contributed by atoms with van der Waals surface area (Å²) in [5.74, 6) is 0. The van der Waals surface area contributed by atoms with Gasteiger partial charge in [-0.25, -0.2) is 4.98 Å². The number of pyridine rings is 1. The first-order valence-corrected chi connectivity index (χ1v) is 6.80. The molecule has 0 saturated carbocycles. The Morgan fingerprint density at radius 1 is 1.26 bits per heavy atom. The van der Waals surface area contributed by atoms with E-state index < -0.39 is 0 Å². The van der Waals surface area contributed by atoms with E-state index in [1.807, 2.05) is 18.3 Å². The van der Waals surface area contributed by atoms with Crippen molar-refractivity contribution in [3.05, 3.63) is 35.9 Å². The van der Waals surface area contributed by atoms with Gasteiger partial charge >= 0.3 is 0 Å². The van der Waals surface area contributed by atoms with E-state index in [0.717, 1.165) is 45.3 Å². The second-order valence-electron chi connectivity index (χ2n) is 4.68. The van der Waals surface area contributed by atoms with Crippen molar-refractivity contribution in [2.24, 2.45) is 0 Å². The van der Waals surface area contributed by atoms with Gasteiger partial charge in [-0.05, 0) is 12.1 Å². The van der Waals surface area contributed by atoms with Crippen LogP contribution in [0.1, 0.15) is 0 Å². The summed E-state index contributed by atoms with van der Waals surface area (Å²) in [7, 11) is 0. The van der Waals surface area contributed by atoms with Crippen LogP contribution in [0.2, 0.25) is 5.15 Å². The van der Waals surface area contributed by atoms with Gasteiger partial charge < -0.3 is 14.5 Å². The lowest BCUT2D eigenvalue weighted by Crippen LogP contribution is -2.43. The Hall–Kier alpha value is -1.30. The Morgan fingerprint density at radius 2 is 2.11 bits per heavy atom. The summed E-state index contributed by atoms with van der Waals surface area (Å²) in [6.45, 7) is 5.39. The zero-order valence-electron chi connectivity index (χ0n) is 10.7. The minimum atomic E-state index is 0.542. The number of nitrogens with zero attached hydrogens (tertiary/aromatic N) is 4. The zero-order valence-corrected chi connectivity index (χ0v) is 11.5. The molecule has 102 valence electrons. The number of ether oxygens (including phenoxy) is 1. The summed E-state index contributed by atoms with van der Waals surface area (Å²) in [6.07, 6.45) is 5.85. The van der Waals surface area contributed by atoms with Crippen molar-refractivity contribution in [1.29, 1.82) is 0 Å². The van der Waals surface area contributed by atoms with E-state index in [4.69, 9.17) is 16.3 Å². The van der Waals surface area contributed by atoms with E-state index in [0.29, 0.717) is 5.15 Å². The van der Waals surface area contributed by atoms with Gasteiger partial charge in [0.2, 0.25) is 0 Å². The van der Waals surface area contributed by atoms with E-state index in [9.17, 15) is 0 Å². The second kappa shape index (κ2) is 5.77. The quantitative estimate of drug-likeness (QED) is 0.785. The molecule has 0 radical (unpaired) electrons. The molecule has 0 unspecified atom stereocenters. The van der Waals surface area contributed by atoms with Crippen molar-refractivity contribution in [1.82, 2.24) is 14.8 Å². The summed E-state index contributed by atoms with van der Waals surface area (Å²) in [4.78, 5) is 10.9. The molecule has 0 spiro atoms. The van der Waals surface area contributed by atoms with E-state index in [2.05, 4.69) is 25.9 Å². The Labute approximate surface area is 118 Å². The highest BCUT2D eigenvalue weighted by Crippen LogP contribution is 2.25. The van der Waals surface area contributed by atoms with Crippen molar-refractivity contribution in [2.75, 3.05) is 44.5 Å². The van der Waals surface area contributed by atoms with E-state index in [1.165, 1.54) is 0 Å². The third kappa shape index (κ3) is 3.00. The summed E-state index contributed by atoms with van der Waals surface area (Å²) >= 11 is 6.11. The first kappa shape index (κ1) is 12.7. The summed E-state index contributed by atoms with van der Waals surface area (Å²) in [5, 5.41) is 0.542. The Bertz CT molecular complexity index is 462. The third-order valence-corrected chi connectivity index (χ3v) is 3.62. The fourth-order valence-corrected chi connectivity index (χ4v) is 2.53. The van der Waals surface area contributed by atoms with Gasteiger partial charge in [-0.1, -0.05) is 11.6 Å². The molecule has 5 nitrogen and oxygen atoms in total. The number of halogens is 1. The van der Waals surface area contributed by atoms with Crippen molar-refractivity contribution in [2.45, 2.75) is 0 Å². The fourth-order valence-electron chi connectivity index (χ4n) is 2.30. The molecule has 1 saturated heterocycles. The molecule has 0 aliphatic carbocycles. The van der Waals surface area contributed by atoms with Crippen molar-refractivity contribution in [3.8, 4) is 0 Å². The topological polar surface area (TPSA) is 31.8 Å². The number of anilines is 1. The fraction of sp³-hybridized carbons (Fsp3) is 0.462. The van der Waals surface area contributed by atoms with Gasteiger partial charge in [0.25, 0.3) is 0 Å². The summed E-state index contributed by atoms with van der Waals surface area (Å²) in [5.41, 5.74) is 0.949. The van der Waals surface area contributed by atoms with Crippen LogP contribution in [0, 0.1) is 0 Å². The highest BCUT2D eigenvalue weighted by molar-refractivity contribution is 6.32. The SMILES string of the molecule is Clc1ncccc1N1C=CN(CN2CCOCC2)C1. The minimum Gasteiger partial charge on any atom is -0.379 e. The van der Waals surface area contributed by atoms with Crippen LogP contribution >= 0.6 is 11.6 Å². The molecular weight excluding hydrogens is 264 g/mol. The molecule has 19 heavy (non-hydrogen) atoms. The minimum absolute atomic E-state index is 0.542. The largest absolute Gasteiger partial charge is 0.379 e. The summed E-state index contributed by atoms with van der Waals surface area (Å²) < 4.78 is 5.36. The van der Waals surface area contributed by atoms with Gasteiger partial charge in [-0.3, -0.25) is 4.90 Å². The first-order chi connectivity index (χ1) is 9.33. The average molecular weight is 281 g/mol. The van der Waals surface area contributed by atoms with Crippen molar-refractivity contribution < 1.29 is 4.74 Å². The van der Waals surface area contributed by atoms with Gasteiger partial charge in [0.05, 0.1) is 32.2 Å². The number of hydrogen-bond donors (Lipinski definition) is 0. The van der Waals surface area contributed by atoms with Crippen LogP contribution in [0.25, 0.3) is 0 Å². The van der Waals surface area contributed by atoms with E-state index in [-0.39, 0.29) is 0 Å². The van der Waals surface area contributed by atoms with Gasteiger partial charge in [0, 0.05) is 31.7 Å². The van der Waals surface area contributed by atoms with E-state index in [1.54, 1.807) is 6.20 Å². The molecule has 3 heterocycles. The van der Waals surface area contributed by atoms with E-state index >= 15 is 0 Å². The van der Waals surface area contributed by atoms with Crippen LogP contribution in [0.4, 0.5) is 5.69 Å². The van der Waals surface area contributed by atoms with Crippen LogP contribution in [0.15, 0.2) is 30.7 Å². The highest BCUT2D eigenvalue weighted by atomic mass is 35.5. The van der Waals surface area contributed by atoms with Crippen LogP contribution in [0.5, 0.6) is 0 Å². The predicted molar refractivity (Wildman–Crippen MR) is 74.8 cm³/mol. The third-order valence-electron chi connectivity index (χ3n) is 3.33. The molecule has 0 N–H and O–H groups in total. The Kier molecular flexibility index (Phi) is 3.87. The van der Waals surface area contributed by atoms with Gasteiger partial charge in [-0.15, -0.1) is 0 Å². The second-order valence-corrected chi connectivity index (χ2v) is 5.04. The van der Waals surface area contributed by atoms with Crippen LogP contribution in [0.3, 0.4) is 0 Å². The molecule has 1 fully saturated rings. The molecule has 2 aliphatic rings. The molecule has 0 aromatic carbocycles. The molecule has 3 rings (SSSR count). The molecule has 0 amide bonds. The highest BCUT2D eigenvalue weighted by Gasteiger charge is 2.19. The molecule has 1 aromatic rings. The predicted octanol–water partition coefficient (Wildman–Crippen LogP) is 1.58. The van der Waals surface area contributed by atoms with Crippen LogP contribution in [-0.4, -0.2) is 54.4 Å². The Balaban J connectivity index is 1.58.